The van der Waals surface area contributed by atoms with Crippen LogP contribution in [0.15, 0.2) is 24.3 Å². The van der Waals surface area contributed by atoms with Crippen molar-refractivity contribution in [2.75, 3.05) is 11.4 Å². The lowest BCUT2D eigenvalue weighted by Gasteiger charge is -2.43. The topological polar surface area (TPSA) is 92.9 Å². The summed E-state index contributed by atoms with van der Waals surface area (Å²) in [4.78, 5) is 24.9. The maximum Gasteiger partial charge on any atom is 0.328 e. The van der Waals surface area contributed by atoms with E-state index in [-0.39, 0.29) is 27.8 Å². The van der Waals surface area contributed by atoms with Gasteiger partial charge < -0.3 is 14.4 Å². The maximum atomic E-state index is 12.0. The summed E-state index contributed by atoms with van der Waals surface area (Å²) >= 11 is 0. The van der Waals surface area contributed by atoms with Crippen molar-refractivity contribution in [1.82, 2.24) is 0 Å². The number of nitro groups is 1. The van der Waals surface area contributed by atoms with Crippen LogP contribution in [0.4, 0.5) is 11.4 Å². The highest BCUT2D eigenvalue weighted by molar-refractivity contribution is 6.74. The second kappa shape index (κ2) is 11.0. The Morgan fingerprint density at radius 2 is 1.85 bits per heavy atom. The number of nitro benzene ring substituents is 1. The number of carboxylic acids is 1. The minimum absolute atomic E-state index is 0.0240. The third kappa shape index (κ3) is 7.15. The first-order chi connectivity index (χ1) is 15.6. The van der Waals surface area contributed by atoms with Gasteiger partial charge in [-0.15, -0.1) is 0 Å². The number of rotatable bonds is 9. The Labute approximate surface area is 205 Å². The largest absolute Gasteiger partial charge is 0.478 e. The highest BCUT2D eigenvalue weighted by atomic mass is 28.4. The molecule has 0 radical (unpaired) electrons. The molecule has 1 N–H and O–H groups in total. The fourth-order valence-corrected chi connectivity index (χ4v) is 5.75. The molecule has 2 rings (SSSR count). The van der Waals surface area contributed by atoms with Crippen LogP contribution in [0.2, 0.25) is 18.1 Å². The van der Waals surface area contributed by atoms with Crippen LogP contribution in [-0.4, -0.2) is 43.0 Å². The van der Waals surface area contributed by atoms with Crippen LogP contribution >= 0.6 is 0 Å². The smallest absolute Gasteiger partial charge is 0.328 e. The number of nitrogens with zero attached hydrogens (tertiary/aromatic N) is 2. The molecular formula is C26H42N2O5Si. The quantitative estimate of drug-likeness (QED) is 0.175. The maximum absolute atomic E-state index is 12.0. The molecule has 1 aromatic rings. The van der Waals surface area contributed by atoms with Gasteiger partial charge in [-0.1, -0.05) is 40.7 Å². The van der Waals surface area contributed by atoms with Gasteiger partial charge in [0, 0.05) is 30.8 Å². The van der Waals surface area contributed by atoms with E-state index in [0.717, 1.165) is 38.3 Å². The number of carboxylic acid groups (broad SMARTS) is 1. The van der Waals surface area contributed by atoms with Crippen LogP contribution in [0, 0.1) is 16.0 Å². The van der Waals surface area contributed by atoms with Crippen molar-refractivity contribution < 1.29 is 19.3 Å². The van der Waals surface area contributed by atoms with Gasteiger partial charge in [-0.2, -0.15) is 0 Å². The Bertz CT molecular complexity index is 912. The molecular weight excluding hydrogens is 448 g/mol. The van der Waals surface area contributed by atoms with Crippen molar-refractivity contribution in [3.05, 3.63) is 40.0 Å². The minimum Gasteiger partial charge on any atom is -0.478 e. The molecule has 1 aliphatic rings. The predicted molar refractivity (Wildman–Crippen MR) is 141 cm³/mol. The number of benzene rings is 1. The summed E-state index contributed by atoms with van der Waals surface area (Å²) in [7, 11) is -1.83. The van der Waals surface area contributed by atoms with Crippen LogP contribution in [0.25, 0.3) is 5.57 Å². The van der Waals surface area contributed by atoms with E-state index in [0.29, 0.717) is 22.7 Å². The number of hydrogen-bond donors (Lipinski definition) is 1. The number of hydrogen-bond acceptors (Lipinski definition) is 5. The Balaban J connectivity index is 2.30. The first-order valence-corrected chi connectivity index (χ1v) is 15.2. The van der Waals surface area contributed by atoms with Gasteiger partial charge in [0.15, 0.2) is 8.32 Å². The zero-order valence-electron chi connectivity index (χ0n) is 22.1. The van der Waals surface area contributed by atoms with E-state index in [9.17, 15) is 14.9 Å². The highest BCUT2D eigenvalue weighted by Gasteiger charge is 2.40. The average Bonchev–Trinajstić information content (AvgIpc) is 2.70. The third-order valence-corrected chi connectivity index (χ3v) is 11.7. The molecule has 0 spiro atoms. The lowest BCUT2D eigenvalue weighted by atomic mass is 9.90. The molecule has 1 fully saturated rings. The molecule has 7 nitrogen and oxygen atoms in total. The molecule has 0 amide bonds. The van der Waals surface area contributed by atoms with Crippen molar-refractivity contribution in [2.24, 2.45) is 5.92 Å². The van der Waals surface area contributed by atoms with Gasteiger partial charge in [-0.25, -0.2) is 4.79 Å². The number of allylic oxidation sites excluding steroid dienone is 1. The second-order valence-electron chi connectivity index (χ2n) is 11.5. The van der Waals surface area contributed by atoms with Crippen molar-refractivity contribution in [3.8, 4) is 0 Å². The van der Waals surface area contributed by atoms with Gasteiger partial charge in [0.05, 0.1) is 4.92 Å². The summed E-state index contributed by atoms with van der Waals surface area (Å²) in [5.74, 6) is -0.725. The van der Waals surface area contributed by atoms with Crippen LogP contribution in [-0.2, 0) is 9.22 Å². The standard InChI is InChI=1S/C26H42N2O5Si/c1-18(2)17-27(21-10-12-22(13-11-21)33-34(7,8)26(4,5)6)23-14-9-20(16-24(23)28(31)32)19(3)15-25(29)30/h9,14-16,18,21-22H,10-13,17H2,1-8H3,(H,29,30)/b19-15+. The van der Waals surface area contributed by atoms with E-state index in [2.05, 4.69) is 52.6 Å². The Morgan fingerprint density at radius 1 is 1.26 bits per heavy atom. The Kier molecular flexibility index (Phi) is 9.10. The second-order valence-corrected chi connectivity index (χ2v) is 16.2. The zero-order chi connectivity index (χ0) is 25.8. The van der Waals surface area contributed by atoms with Crippen LogP contribution < -0.4 is 4.90 Å². The van der Waals surface area contributed by atoms with Gasteiger partial charge in [0.2, 0.25) is 0 Å². The molecule has 0 saturated heterocycles. The van der Waals surface area contributed by atoms with Gasteiger partial charge in [0.25, 0.3) is 5.69 Å². The lowest BCUT2D eigenvalue weighted by molar-refractivity contribution is -0.384. The molecule has 0 atom stereocenters. The lowest BCUT2D eigenvalue weighted by Crippen LogP contribution is -2.47. The van der Waals surface area contributed by atoms with Crippen LogP contribution in [0.1, 0.15) is 72.8 Å². The van der Waals surface area contributed by atoms with E-state index < -0.39 is 14.3 Å². The molecule has 0 heterocycles. The van der Waals surface area contributed by atoms with Crippen LogP contribution in [0.3, 0.4) is 0 Å². The predicted octanol–water partition coefficient (Wildman–Crippen LogP) is 6.88. The summed E-state index contributed by atoms with van der Waals surface area (Å²) in [5, 5.41) is 21.2. The fourth-order valence-electron chi connectivity index (χ4n) is 4.33. The molecule has 0 unspecified atom stereocenters. The Morgan fingerprint density at radius 3 is 2.32 bits per heavy atom. The summed E-state index contributed by atoms with van der Waals surface area (Å²) in [6, 6.07) is 5.29. The van der Waals surface area contributed by atoms with Crippen LogP contribution in [0.5, 0.6) is 0 Å². The SMILES string of the molecule is C/C(=C\C(=O)O)c1ccc(N(CC(C)C)C2CCC(O[Si](C)(C)C(C)(C)C)CC2)c([N+](=O)[O-])c1. The van der Waals surface area contributed by atoms with E-state index in [1.807, 2.05) is 0 Å². The van der Waals surface area contributed by atoms with Gasteiger partial charge >= 0.3 is 5.97 Å². The number of aliphatic carboxylic acids is 1. The first kappa shape index (κ1) is 28.0. The molecule has 0 aromatic heterocycles. The van der Waals surface area contributed by atoms with E-state index >= 15 is 0 Å². The van der Waals surface area contributed by atoms with Crippen molar-refractivity contribution in [3.63, 3.8) is 0 Å². The minimum atomic E-state index is -1.83. The summed E-state index contributed by atoms with van der Waals surface area (Å²) in [6.07, 6.45) is 5.11. The third-order valence-electron chi connectivity index (χ3n) is 7.19. The monoisotopic (exact) mass is 490 g/mol. The van der Waals surface area contributed by atoms with Crippen molar-refractivity contribution >= 4 is 31.2 Å². The van der Waals surface area contributed by atoms with E-state index in [1.54, 1.807) is 19.1 Å². The molecule has 1 aromatic carbocycles. The van der Waals surface area contributed by atoms with Gasteiger partial charge in [-0.3, -0.25) is 10.1 Å². The summed E-state index contributed by atoms with van der Waals surface area (Å²) in [6.45, 7) is 18.0. The normalized spacial score (nSPS) is 19.9. The fraction of sp³-hybridized carbons (Fsp3) is 0.654. The van der Waals surface area contributed by atoms with Gasteiger partial charge in [-0.05, 0) is 73.9 Å². The summed E-state index contributed by atoms with van der Waals surface area (Å²) in [5.41, 5.74) is 1.67. The summed E-state index contributed by atoms with van der Waals surface area (Å²) < 4.78 is 6.65. The van der Waals surface area contributed by atoms with E-state index in [1.165, 1.54) is 6.07 Å². The molecule has 1 aliphatic carbocycles. The molecule has 0 aliphatic heterocycles. The Hall–Kier alpha value is -2.19. The molecule has 0 bridgehead atoms. The van der Waals surface area contributed by atoms with Gasteiger partial charge in [0.1, 0.15) is 5.69 Å². The zero-order valence-corrected chi connectivity index (χ0v) is 23.1. The molecule has 1 saturated carbocycles. The molecule has 8 heteroatoms. The number of anilines is 1. The molecule has 190 valence electrons. The van der Waals surface area contributed by atoms with Crippen molar-refractivity contribution in [2.45, 2.75) is 97.5 Å². The molecule has 34 heavy (non-hydrogen) atoms. The van der Waals surface area contributed by atoms with Crippen molar-refractivity contribution in [1.29, 1.82) is 0 Å². The first-order valence-electron chi connectivity index (χ1n) is 12.3. The van der Waals surface area contributed by atoms with E-state index in [4.69, 9.17) is 9.53 Å². The highest BCUT2D eigenvalue weighted by Crippen LogP contribution is 2.41. The number of carbonyl (C=O) groups is 1. The average molecular weight is 491 g/mol.